The van der Waals surface area contributed by atoms with Gasteiger partial charge in [-0.15, -0.1) is 0 Å². The molecule has 1 aromatic rings. The largest absolute Gasteiger partial charge is 0.316 e. The lowest BCUT2D eigenvalue weighted by Crippen LogP contribution is -2.11. The molecule has 0 fully saturated rings. The molecule has 0 amide bonds. The molecule has 0 saturated heterocycles. The smallest absolute Gasteiger partial charge is 0.126 e. The zero-order chi connectivity index (χ0) is 9.68. The number of hydrogen-bond acceptors (Lipinski definition) is 1. The van der Waals surface area contributed by atoms with Crippen LogP contribution in [-0.4, -0.2) is 13.6 Å². The van der Waals surface area contributed by atoms with E-state index < -0.39 is 0 Å². The van der Waals surface area contributed by atoms with Crippen LogP contribution in [0.1, 0.15) is 5.56 Å². The summed E-state index contributed by atoms with van der Waals surface area (Å²) in [5.74, 6) is -0.153. The maximum Gasteiger partial charge on any atom is 0.126 e. The van der Waals surface area contributed by atoms with Gasteiger partial charge in [0.25, 0.3) is 0 Å². The molecular formula is C11H14FN. The molecule has 0 bridgehead atoms. The Balaban J connectivity index is 2.63. The number of rotatable bonds is 4. The van der Waals surface area contributed by atoms with E-state index in [1.54, 1.807) is 12.1 Å². The third-order valence-corrected chi connectivity index (χ3v) is 1.83. The van der Waals surface area contributed by atoms with Gasteiger partial charge in [-0.2, -0.15) is 0 Å². The quantitative estimate of drug-likeness (QED) is 0.698. The lowest BCUT2D eigenvalue weighted by Gasteiger charge is -2.05. The van der Waals surface area contributed by atoms with Gasteiger partial charge < -0.3 is 5.32 Å². The zero-order valence-electron chi connectivity index (χ0n) is 7.81. The van der Waals surface area contributed by atoms with Crippen molar-refractivity contribution >= 4 is 0 Å². The maximum absolute atomic E-state index is 13.1. The predicted molar refractivity (Wildman–Crippen MR) is 53.2 cm³/mol. The average Bonchev–Trinajstić information content (AvgIpc) is 2.09. The Bertz CT molecular complexity index is 294. The van der Waals surface area contributed by atoms with E-state index in [0.29, 0.717) is 12.0 Å². The van der Waals surface area contributed by atoms with E-state index in [9.17, 15) is 4.39 Å². The van der Waals surface area contributed by atoms with Crippen molar-refractivity contribution in [2.75, 3.05) is 13.6 Å². The highest BCUT2D eigenvalue weighted by molar-refractivity contribution is 5.22. The lowest BCUT2D eigenvalue weighted by molar-refractivity contribution is 0.612. The SMILES string of the molecule is C=C(CNC)Cc1ccccc1F. The molecule has 1 nitrogen and oxygen atoms in total. The fourth-order valence-corrected chi connectivity index (χ4v) is 1.22. The fourth-order valence-electron chi connectivity index (χ4n) is 1.22. The Hall–Kier alpha value is -1.15. The predicted octanol–water partition coefficient (Wildman–Crippen LogP) is 2.14. The second-order valence-corrected chi connectivity index (χ2v) is 3.05. The highest BCUT2D eigenvalue weighted by Gasteiger charge is 2.01. The van der Waals surface area contributed by atoms with E-state index in [2.05, 4.69) is 11.9 Å². The van der Waals surface area contributed by atoms with E-state index in [4.69, 9.17) is 0 Å². The van der Waals surface area contributed by atoms with Crippen LogP contribution in [0.5, 0.6) is 0 Å². The molecule has 0 unspecified atom stereocenters. The van der Waals surface area contributed by atoms with Gasteiger partial charge >= 0.3 is 0 Å². The van der Waals surface area contributed by atoms with Gasteiger partial charge in [-0.05, 0) is 25.1 Å². The molecule has 1 rings (SSSR count). The molecule has 0 aliphatic rings. The third-order valence-electron chi connectivity index (χ3n) is 1.83. The molecule has 13 heavy (non-hydrogen) atoms. The first-order valence-electron chi connectivity index (χ1n) is 4.28. The molecule has 1 N–H and O–H groups in total. The monoisotopic (exact) mass is 179 g/mol. The maximum atomic E-state index is 13.1. The van der Waals surface area contributed by atoms with Crippen molar-refractivity contribution in [2.45, 2.75) is 6.42 Å². The topological polar surface area (TPSA) is 12.0 Å². The zero-order valence-corrected chi connectivity index (χ0v) is 7.81. The molecule has 1 aromatic carbocycles. The van der Waals surface area contributed by atoms with Crippen molar-refractivity contribution in [2.24, 2.45) is 0 Å². The van der Waals surface area contributed by atoms with E-state index in [1.165, 1.54) is 6.07 Å². The summed E-state index contributed by atoms with van der Waals surface area (Å²) in [5.41, 5.74) is 1.70. The van der Waals surface area contributed by atoms with E-state index in [-0.39, 0.29) is 5.82 Å². The Morgan fingerprint density at radius 1 is 1.46 bits per heavy atom. The van der Waals surface area contributed by atoms with Crippen molar-refractivity contribution in [1.82, 2.24) is 5.32 Å². The molecular weight excluding hydrogens is 165 g/mol. The van der Waals surface area contributed by atoms with Crippen LogP contribution in [0.25, 0.3) is 0 Å². The number of hydrogen-bond donors (Lipinski definition) is 1. The second-order valence-electron chi connectivity index (χ2n) is 3.05. The van der Waals surface area contributed by atoms with Gasteiger partial charge in [0.1, 0.15) is 5.82 Å². The van der Waals surface area contributed by atoms with Crippen molar-refractivity contribution in [3.8, 4) is 0 Å². The standard InChI is InChI=1S/C11H14FN/c1-9(8-13-2)7-10-5-3-4-6-11(10)12/h3-6,13H,1,7-8H2,2H3. The molecule has 2 heteroatoms. The van der Waals surface area contributed by atoms with Crippen molar-refractivity contribution in [3.05, 3.63) is 47.8 Å². The van der Waals surface area contributed by atoms with E-state index >= 15 is 0 Å². The van der Waals surface area contributed by atoms with Gasteiger partial charge in [0.15, 0.2) is 0 Å². The normalized spacial score (nSPS) is 10.0. The van der Waals surface area contributed by atoms with Crippen LogP contribution < -0.4 is 5.32 Å². The highest BCUT2D eigenvalue weighted by Crippen LogP contribution is 2.10. The van der Waals surface area contributed by atoms with Gasteiger partial charge in [-0.1, -0.05) is 30.4 Å². The Kier molecular flexibility index (Phi) is 3.65. The summed E-state index contributed by atoms with van der Waals surface area (Å²) in [6.07, 6.45) is 0.605. The molecule has 0 spiro atoms. The molecule has 0 atom stereocenters. The summed E-state index contributed by atoms with van der Waals surface area (Å²) in [5, 5.41) is 2.99. The molecule has 0 aliphatic heterocycles. The molecule has 0 heterocycles. The molecule has 0 saturated carbocycles. The number of benzene rings is 1. The number of likely N-dealkylation sites (N-methyl/N-ethyl adjacent to an activating group) is 1. The van der Waals surface area contributed by atoms with E-state index in [0.717, 1.165) is 12.1 Å². The summed E-state index contributed by atoms with van der Waals surface area (Å²) >= 11 is 0. The minimum Gasteiger partial charge on any atom is -0.316 e. The number of nitrogens with one attached hydrogen (secondary N) is 1. The van der Waals surface area contributed by atoms with Crippen LogP contribution in [0.3, 0.4) is 0 Å². The fraction of sp³-hybridized carbons (Fsp3) is 0.273. The summed E-state index contributed by atoms with van der Waals surface area (Å²) in [7, 11) is 1.85. The van der Waals surface area contributed by atoms with Gasteiger partial charge in [0.2, 0.25) is 0 Å². The molecule has 0 aliphatic carbocycles. The second kappa shape index (κ2) is 4.77. The van der Waals surface area contributed by atoms with Crippen molar-refractivity contribution < 1.29 is 4.39 Å². The molecule has 70 valence electrons. The average molecular weight is 179 g/mol. The first-order chi connectivity index (χ1) is 6.24. The summed E-state index contributed by atoms with van der Waals surface area (Å²) in [6, 6.07) is 6.79. The summed E-state index contributed by atoms with van der Waals surface area (Å²) in [6.45, 7) is 4.58. The van der Waals surface area contributed by atoms with Crippen LogP contribution in [0.4, 0.5) is 4.39 Å². The lowest BCUT2D eigenvalue weighted by atomic mass is 10.1. The van der Waals surface area contributed by atoms with Gasteiger partial charge in [-0.25, -0.2) is 4.39 Å². The van der Waals surface area contributed by atoms with Crippen LogP contribution >= 0.6 is 0 Å². The molecule has 0 radical (unpaired) electrons. The van der Waals surface area contributed by atoms with Crippen LogP contribution in [-0.2, 0) is 6.42 Å². The van der Waals surface area contributed by atoms with Crippen LogP contribution in [0.15, 0.2) is 36.4 Å². The minimum absolute atomic E-state index is 0.153. The Morgan fingerprint density at radius 2 is 2.15 bits per heavy atom. The minimum atomic E-state index is -0.153. The molecule has 0 aromatic heterocycles. The highest BCUT2D eigenvalue weighted by atomic mass is 19.1. The first kappa shape index (κ1) is 9.93. The van der Waals surface area contributed by atoms with E-state index in [1.807, 2.05) is 13.1 Å². The third kappa shape index (κ3) is 2.99. The summed E-state index contributed by atoms with van der Waals surface area (Å²) < 4.78 is 13.1. The van der Waals surface area contributed by atoms with Gasteiger partial charge in [0.05, 0.1) is 0 Å². The van der Waals surface area contributed by atoms with Crippen molar-refractivity contribution in [3.63, 3.8) is 0 Å². The number of halogens is 1. The van der Waals surface area contributed by atoms with Crippen LogP contribution in [0, 0.1) is 5.82 Å². The van der Waals surface area contributed by atoms with Gasteiger partial charge in [0, 0.05) is 6.54 Å². The first-order valence-corrected chi connectivity index (χ1v) is 4.28. The van der Waals surface area contributed by atoms with Gasteiger partial charge in [-0.3, -0.25) is 0 Å². The van der Waals surface area contributed by atoms with Crippen LogP contribution in [0.2, 0.25) is 0 Å². The summed E-state index contributed by atoms with van der Waals surface area (Å²) in [4.78, 5) is 0. The Labute approximate surface area is 78.3 Å². The van der Waals surface area contributed by atoms with Crippen molar-refractivity contribution in [1.29, 1.82) is 0 Å². The Morgan fingerprint density at radius 3 is 2.77 bits per heavy atom.